The first-order valence-corrected chi connectivity index (χ1v) is 8.06. The van der Waals surface area contributed by atoms with Gasteiger partial charge in [0.25, 0.3) is 0 Å². The number of rotatable bonds is 4. The quantitative estimate of drug-likeness (QED) is 0.431. The minimum atomic E-state index is 0. The van der Waals surface area contributed by atoms with Crippen molar-refractivity contribution in [2.24, 2.45) is 10.4 Å². The maximum absolute atomic E-state index is 5.30. The third kappa shape index (κ3) is 4.49. The van der Waals surface area contributed by atoms with E-state index in [9.17, 15) is 0 Å². The molecule has 3 rings (SSSR count). The molecule has 1 aliphatic heterocycles. The molecule has 2 N–H and O–H groups in total. The number of H-pyrrole nitrogens is 1. The van der Waals surface area contributed by atoms with E-state index in [-0.39, 0.29) is 24.0 Å². The average molecular weight is 444 g/mol. The standard InChI is InChI=1S/C16H24N6O.HI/c1-4-17-15(22-8-7-16(2,3)11-22)18-10-13-19-14(21-20-13)12-6-5-9-23-12;/h5-6,9H,4,7-8,10-11H2,1-3H3,(H,17,18)(H,19,20,21);1H. The monoisotopic (exact) mass is 444 g/mol. The average Bonchev–Trinajstić information content (AvgIpc) is 3.23. The molecule has 0 spiro atoms. The van der Waals surface area contributed by atoms with Crippen LogP contribution in [0.25, 0.3) is 11.6 Å². The van der Waals surface area contributed by atoms with Gasteiger partial charge in [-0.2, -0.15) is 0 Å². The molecule has 2 aromatic heterocycles. The lowest BCUT2D eigenvalue weighted by molar-refractivity contribution is 0.370. The highest BCUT2D eigenvalue weighted by Crippen LogP contribution is 2.28. The number of nitrogens with zero attached hydrogens (tertiary/aromatic N) is 4. The van der Waals surface area contributed by atoms with Crippen molar-refractivity contribution in [1.82, 2.24) is 25.4 Å². The molecule has 1 fully saturated rings. The summed E-state index contributed by atoms with van der Waals surface area (Å²) in [5.74, 6) is 2.89. The van der Waals surface area contributed by atoms with Crippen LogP contribution in [-0.2, 0) is 6.54 Å². The van der Waals surface area contributed by atoms with Crippen molar-refractivity contribution >= 4 is 29.9 Å². The van der Waals surface area contributed by atoms with E-state index in [4.69, 9.17) is 9.41 Å². The first-order chi connectivity index (χ1) is 11.1. The van der Waals surface area contributed by atoms with Crippen molar-refractivity contribution in [2.75, 3.05) is 19.6 Å². The third-order valence-corrected chi connectivity index (χ3v) is 3.96. The second-order valence-electron chi connectivity index (χ2n) is 6.59. The van der Waals surface area contributed by atoms with Gasteiger partial charge in [0.05, 0.1) is 6.26 Å². The minimum Gasteiger partial charge on any atom is -0.461 e. The Morgan fingerprint density at radius 3 is 2.96 bits per heavy atom. The Kier molecular flexibility index (Phi) is 6.25. The molecular formula is C16H25IN6O. The van der Waals surface area contributed by atoms with Crippen LogP contribution in [0.15, 0.2) is 27.8 Å². The number of nitrogens with one attached hydrogen (secondary N) is 2. The van der Waals surface area contributed by atoms with Crippen LogP contribution in [0.4, 0.5) is 0 Å². The van der Waals surface area contributed by atoms with E-state index >= 15 is 0 Å². The molecule has 7 nitrogen and oxygen atoms in total. The zero-order valence-electron chi connectivity index (χ0n) is 14.4. The maximum atomic E-state index is 5.30. The molecule has 0 bridgehead atoms. The second kappa shape index (κ2) is 8.00. The van der Waals surface area contributed by atoms with Crippen molar-refractivity contribution < 1.29 is 4.42 Å². The summed E-state index contributed by atoms with van der Waals surface area (Å²) in [4.78, 5) is 11.4. The molecule has 0 radical (unpaired) electrons. The van der Waals surface area contributed by atoms with Gasteiger partial charge in [0.2, 0.25) is 5.82 Å². The fraction of sp³-hybridized carbons (Fsp3) is 0.562. The zero-order valence-corrected chi connectivity index (χ0v) is 16.7. The lowest BCUT2D eigenvalue weighted by Gasteiger charge is -2.23. The number of aromatic amines is 1. The molecule has 0 atom stereocenters. The van der Waals surface area contributed by atoms with Crippen molar-refractivity contribution in [3.8, 4) is 11.6 Å². The Labute approximate surface area is 159 Å². The van der Waals surface area contributed by atoms with E-state index < -0.39 is 0 Å². The number of guanidine groups is 1. The van der Waals surface area contributed by atoms with Crippen LogP contribution < -0.4 is 5.32 Å². The van der Waals surface area contributed by atoms with Crippen molar-refractivity contribution in [1.29, 1.82) is 0 Å². The largest absolute Gasteiger partial charge is 0.461 e. The molecule has 132 valence electrons. The lowest BCUT2D eigenvalue weighted by atomic mass is 9.93. The summed E-state index contributed by atoms with van der Waals surface area (Å²) in [6.45, 7) is 10.0. The summed E-state index contributed by atoms with van der Waals surface area (Å²) >= 11 is 0. The van der Waals surface area contributed by atoms with Crippen LogP contribution in [0, 0.1) is 5.41 Å². The lowest BCUT2D eigenvalue weighted by Crippen LogP contribution is -2.40. The molecule has 3 heterocycles. The van der Waals surface area contributed by atoms with Gasteiger partial charge in [-0.1, -0.05) is 13.8 Å². The fourth-order valence-electron chi connectivity index (χ4n) is 2.75. The van der Waals surface area contributed by atoms with Crippen LogP contribution in [0.5, 0.6) is 0 Å². The first-order valence-electron chi connectivity index (χ1n) is 8.06. The highest BCUT2D eigenvalue weighted by Gasteiger charge is 2.30. The van der Waals surface area contributed by atoms with Gasteiger partial charge < -0.3 is 14.6 Å². The molecule has 1 saturated heterocycles. The summed E-state index contributed by atoms with van der Waals surface area (Å²) < 4.78 is 5.30. The Hall–Kier alpha value is -1.58. The van der Waals surface area contributed by atoms with Crippen molar-refractivity contribution in [3.05, 3.63) is 24.2 Å². The molecule has 0 aromatic carbocycles. The van der Waals surface area contributed by atoms with Crippen LogP contribution in [-0.4, -0.2) is 45.7 Å². The number of likely N-dealkylation sites (tertiary alicyclic amines) is 1. The third-order valence-electron chi connectivity index (χ3n) is 3.96. The normalized spacial score (nSPS) is 17.0. The van der Waals surface area contributed by atoms with Gasteiger partial charge >= 0.3 is 0 Å². The molecule has 8 heteroatoms. The van der Waals surface area contributed by atoms with Crippen LogP contribution in [0.3, 0.4) is 0 Å². The number of hydrogen-bond acceptors (Lipinski definition) is 4. The molecule has 0 amide bonds. The van der Waals surface area contributed by atoms with Crippen LogP contribution >= 0.6 is 24.0 Å². The summed E-state index contributed by atoms with van der Waals surface area (Å²) in [7, 11) is 0. The van der Waals surface area contributed by atoms with Gasteiger partial charge in [0.1, 0.15) is 12.4 Å². The smallest absolute Gasteiger partial charge is 0.216 e. The summed E-state index contributed by atoms with van der Waals surface area (Å²) in [5, 5.41) is 10.5. The molecule has 0 aliphatic carbocycles. The highest BCUT2D eigenvalue weighted by atomic mass is 127. The molecule has 0 unspecified atom stereocenters. The number of aliphatic imine (C=N–C) groups is 1. The number of halogens is 1. The van der Waals surface area contributed by atoms with Gasteiger partial charge in [0, 0.05) is 19.6 Å². The summed E-state index contributed by atoms with van der Waals surface area (Å²) in [5.41, 5.74) is 0.342. The van der Waals surface area contributed by atoms with E-state index in [1.807, 2.05) is 12.1 Å². The first kappa shape index (κ1) is 18.8. The van der Waals surface area contributed by atoms with E-state index in [0.29, 0.717) is 23.5 Å². The van der Waals surface area contributed by atoms with Gasteiger partial charge in [-0.25, -0.2) is 9.98 Å². The predicted octanol–water partition coefficient (Wildman–Crippen LogP) is 2.88. The van der Waals surface area contributed by atoms with E-state index in [2.05, 4.69) is 46.2 Å². The number of aromatic nitrogens is 3. The summed E-state index contributed by atoms with van der Waals surface area (Å²) in [6, 6.07) is 3.66. The van der Waals surface area contributed by atoms with Gasteiger partial charge in [-0.05, 0) is 30.9 Å². The molecule has 1 aliphatic rings. The molecule has 24 heavy (non-hydrogen) atoms. The zero-order chi connectivity index (χ0) is 16.3. The van der Waals surface area contributed by atoms with E-state index in [1.165, 1.54) is 6.42 Å². The maximum Gasteiger partial charge on any atom is 0.216 e. The molecular weight excluding hydrogens is 419 g/mol. The molecule has 0 saturated carbocycles. The van der Waals surface area contributed by atoms with Gasteiger partial charge in [-0.3, -0.25) is 5.10 Å². The predicted molar refractivity (Wildman–Crippen MR) is 104 cm³/mol. The fourth-order valence-corrected chi connectivity index (χ4v) is 2.75. The van der Waals surface area contributed by atoms with E-state index in [1.54, 1.807) is 6.26 Å². The number of hydrogen-bond donors (Lipinski definition) is 2. The Bertz CT molecular complexity index is 664. The Balaban J connectivity index is 0.00000208. The second-order valence-corrected chi connectivity index (χ2v) is 6.59. The SMILES string of the molecule is CCNC(=NCc1nc(-c2ccco2)n[nH]1)N1CCC(C)(C)C1.I. The van der Waals surface area contributed by atoms with Crippen LogP contribution in [0.1, 0.15) is 33.0 Å². The van der Waals surface area contributed by atoms with Crippen molar-refractivity contribution in [2.45, 2.75) is 33.7 Å². The van der Waals surface area contributed by atoms with Crippen molar-refractivity contribution in [3.63, 3.8) is 0 Å². The summed E-state index contributed by atoms with van der Waals surface area (Å²) in [6.07, 6.45) is 2.80. The van der Waals surface area contributed by atoms with E-state index in [0.717, 1.165) is 31.4 Å². The topological polar surface area (TPSA) is 82.3 Å². The minimum absolute atomic E-state index is 0. The number of furan rings is 1. The highest BCUT2D eigenvalue weighted by molar-refractivity contribution is 14.0. The van der Waals surface area contributed by atoms with Crippen LogP contribution in [0.2, 0.25) is 0 Å². The molecule has 2 aromatic rings. The Morgan fingerprint density at radius 2 is 2.33 bits per heavy atom. The Morgan fingerprint density at radius 1 is 1.50 bits per heavy atom. The van der Waals surface area contributed by atoms with Gasteiger partial charge in [-0.15, -0.1) is 29.1 Å². The van der Waals surface area contributed by atoms with Gasteiger partial charge in [0.15, 0.2) is 11.7 Å².